The highest BCUT2D eigenvalue weighted by Crippen LogP contribution is 2.40. The molecule has 2 rings (SSSR count). The van der Waals surface area contributed by atoms with E-state index in [0.29, 0.717) is 18.8 Å². The van der Waals surface area contributed by atoms with Crippen LogP contribution in [0.1, 0.15) is 44.9 Å². The van der Waals surface area contributed by atoms with Gasteiger partial charge in [0.1, 0.15) is 0 Å². The van der Waals surface area contributed by atoms with Crippen LogP contribution in [0.3, 0.4) is 0 Å². The average molecular weight is 370 g/mol. The highest BCUT2D eigenvalue weighted by molar-refractivity contribution is 9.09. The maximum atomic E-state index is 12.7. The van der Waals surface area contributed by atoms with E-state index in [2.05, 4.69) is 15.9 Å². The van der Waals surface area contributed by atoms with Crippen molar-refractivity contribution >= 4 is 21.8 Å². The number of carbonyl (C=O) groups is 1. The Morgan fingerprint density at radius 3 is 2.38 bits per heavy atom. The summed E-state index contributed by atoms with van der Waals surface area (Å²) in [6.45, 7) is 1.56. The van der Waals surface area contributed by atoms with Crippen LogP contribution in [0.4, 0.5) is 13.2 Å². The van der Waals surface area contributed by atoms with Crippen LogP contribution in [0.5, 0.6) is 0 Å². The summed E-state index contributed by atoms with van der Waals surface area (Å²) in [5, 5.41) is 0.941. The summed E-state index contributed by atoms with van der Waals surface area (Å²) < 4.78 is 38.0. The molecule has 0 spiro atoms. The third-order valence-corrected chi connectivity index (χ3v) is 5.35. The summed E-state index contributed by atoms with van der Waals surface area (Å²) in [5.74, 6) is -0.765. The predicted octanol–water partition coefficient (Wildman–Crippen LogP) is 4.38. The number of hydrogen-bond donors (Lipinski definition) is 0. The van der Waals surface area contributed by atoms with Crippen molar-refractivity contribution in [3.8, 4) is 0 Å². The number of halogens is 4. The summed E-state index contributed by atoms with van der Waals surface area (Å²) >= 11 is 3.43. The van der Waals surface area contributed by atoms with E-state index >= 15 is 0 Å². The molecular weight excluding hydrogens is 347 g/mol. The number of rotatable bonds is 3. The van der Waals surface area contributed by atoms with Gasteiger partial charge < -0.3 is 4.90 Å². The van der Waals surface area contributed by atoms with E-state index in [-0.39, 0.29) is 24.7 Å². The Balaban J connectivity index is 1.84. The van der Waals surface area contributed by atoms with E-state index in [1.54, 1.807) is 0 Å². The van der Waals surface area contributed by atoms with E-state index in [0.717, 1.165) is 37.7 Å². The normalized spacial score (nSPS) is 31.2. The van der Waals surface area contributed by atoms with Gasteiger partial charge in [-0.2, -0.15) is 13.2 Å². The Kier molecular flexibility index (Phi) is 5.97. The third kappa shape index (κ3) is 4.60. The second-order valence-electron chi connectivity index (χ2n) is 6.36. The molecule has 1 heterocycles. The minimum Gasteiger partial charge on any atom is -0.342 e. The lowest BCUT2D eigenvalue weighted by Crippen LogP contribution is -2.44. The molecule has 122 valence electrons. The van der Waals surface area contributed by atoms with Crippen LogP contribution in [0.25, 0.3) is 0 Å². The van der Waals surface area contributed by atoms with Gasteiger partial charge in [-0.05, 0) is 50.9 Å². The summed E-state index contributed by atoms with van der Waals surface area (Å²) in [6.07, 6.45) is 0.130. The first-order valence-electron chi connectivity index (χ1n) is 7.83. The largest absolute Gasteiger partial charge is 0.391 e. The second kappa shape index (κ2) is 7.34. The van der Waals surface area contributed by atoms with Gasteiger partial charge in [-0.15, -0.1) is 0 Å². The number of hydrogen-bond acceptors (Lipinski definition) is 1. The lowest BCUT2D eigenvalue weighted by atomic mass is 9.80. The van der Waals surface area contributed by atoms with Gasteiger partial charge in [-0.25, -0.2) is 0 Å². The van der Waals surface area contributed by atoms with E-state index in [1.165, 1.54) is 0 Å². The highest BCUT2D eigenvalue weighted by Gasteiger charge is 2.43. The zero-order chi connectivity index (χ0) is 15.5. The van der Waals surface area contributed by atoms with Crippen molar-refractivity contribution in [1.82, 2.24) is 4.90 Å². The molecule has 1 amide bonds. The molecular formula is C15H23BrF3NO. The van der Waals surface area contributed by atoms with Gasteiger partial charge in [0.15, 0.2) is 0 Å². The summed E-state index contributed by atoms with van der Waals surface area (Å²) in [5.41, 5.74) is 0. The molecule has 1 saturated carbocycles. The van der Waals surface area contributed by atoms with E-state index in [9.17, 15) is 18.0 Å². The predicted molar refractivity (Wildman–Crippen MR) is 79.2 cm³/mol. The van der Waals surface area contributed by atoms with Crippen molar-refractivity contribution < 1.29 is 18.0 Å². The quantitative estimate of drug-likeness (QED) is 0.676. The fourth-order valence-corrected chi connectivity index (χ4v) is 4.23. The lowest BCUT2D eigenvalue weighted by Gasteiger charge is -2.37. The maximum Gasteiger partial charge on any atom is 0.391 e. The standard InChI is InChI=1S/C15H23BrF3NO/c16-8-7-11-2-1-9-20(10-11)14(21)12-3-5-13(6-4-12)15(17,18)19/h11-13H,1-10H2. The molecule has 2 aliphatic rings. The van der Waals surface area contributed by atoms with E-state index in [4.69, 9.17) is 0 Å². The van der Waals surface area contributed by atoms with Gasteiger partial charge in [0, 0.05) is 24.3 Å². The molecule has 2 fully saturated rings. The van der Waals surface area contributed by atoms with Crippen molar-refractivity contribution in [1.29, 1.82) is 0 Å². The Labute approximate surface area is 132 Å². The number of carbonyl (C=O) groups excluding carboxylic acids is 1. The number of likely N-dealkylation sites (tertiary alicyclic amines) is 1. The molecule has 21 heavy (non-hydrogen) atoms. The molecule has 0 aromatic carbocycles. The first-order valence-corrected chi connectivity index (χ1v) is 8.95. The molecule has 0 radical (unpaired) electrons. The molecule has 1 unspecified atom stereocenters. The van der Waals surface area contributed by atoms with Crippen LogP contribution < -0.4 is 0 Å². The molecule has 1 aliphatic carbocycles. The van der Waals surface area contributed by atoms with Crippen LogP contribution in [-0.4, -0.2) is 35.4 Å². The number of alkyl halides is 4. The Morgan fingerprint density at radius 2 is 1.81 bits per heavy atom. The van der Waals surface area contributed by atoms with E-state index < -0.39 is 12.1 Å². The SMILES string of the molecule is O=C(C1CCC(C(F)(F)F)CC1)N1CCCC(CCBr)C1. The molecule has 0 N–H and O–H groups in total. The van der Waals surface area contributed by atoms with Crippen LogP contribution in [0, 0.1) is 17.8 Å². The van der Waals surface area contributed by atoms with Gasteiger partial charge in [0.25, 0.3) is 0 Å². The molecule has 6 heteroatoms. The summed E-state index contributed by atoms with van der Waals surface area (Å²) in [6, 6.07) is 0. The van der Waals surface area contributed by atoms with Gasteiger partial charge in [-0.3, -0.25) is 4.79 Å². The smallest absolute Gasteiger partial charge is 0.342 e. The van der Waals surface area contributed by atoms with Crippen molar-refractivity contribution in [3.05, 3.63) is 0 Å². The van der Waals surface area contributed by atoms with Crippen molar-refractivity contribution in [2.24, 2.45) is 17.8 Å². The number of piperidine rings is 1. The minimum absolute atomic E-state index is 0.0925. The van der Waals surface area contributed by atoms with Gasteiger partial charge in [0.2, 0.25) is 5.91 Å². The zero-order valence-electron chi connectivity index (χ0n) is 12.2. The third-order valence-electron chi connectivity index (χ3n) is 4.89. The molecule has 1 saturated heterocycles. The van der Waals surface area contributed by atoms with Gasteiger partial charge in [-0.1, -0.05) is 15.9 Å². The zero-order valence-corrected chi connectivity index (χ0v) is 13.8. The Hall–Kier alpha value is -0.260. The summed E-state index contributed by atoms with van der Waals surface area (Å²) in [7, 11) is 0. The van der Waals surface area contributed by atoms with Crippen LogP contribution in [-0.2, 0) is 4.79 Å². The van der Waals surface area contributed by atoms with Crippen LogP contribution in [0.2, 0.25) is 0 Å². The van der Waals surface area contributed by atoms with Crippen LogP contribution >= 0.6 is 15.9 Å². The summed E-state index contributed by atoms with van der Waals surface area (Å²) in [4.78, 5) is 14.4. The number of nitrogens with zero attached hydrogens (tertiary/aromatic N) is 1. The molecule has 0 aromatic heterocycles. The van der Waals surface area contributed by atoms with E-state index in [1.807, 2.05) is 4.90 Å². The monoisotopic (exact) mass is 369 g/mol. The molecule has 0 aromatic rings. The topological polar surface area (TPSA) is 20.3 Å². The Morgan fingerprint density at radius 1 is 1.14 bits per heavy atom. The number of amides is 1. The minimum atomic E-state index is -4.10. The average Bonchev–Trinajstić information content (AvgIpc) is 2.46. The second-order valence-corrected chi connectivity index (χ2v) is 7.15. The fourth-order valence-electron chi connectivity index (χ4n) is 3.58. The first kappa shape index (κ1) is 17.1. The van der Waals surface area contributed by atoms with Crippen molar-refractivity contribution in [3.63, 3.8) is 0 Å². The van der Waals surface area contributed by atoms with Gasteiger partial charge in [0.05, 0.1) is 5.92 Å². The lowest BCUT2D eigenvalue weighted by molar-refractivity contribution is -0.185. The Bertz CT molecular complexity index is 351. The van der Waals surface area contributed by atoms with Crippen molar-refractivity contribution in [2.45, 2.75) is 51.1 Å². The molecule has 1 atom stereocenters. The fraction of sp³-hybridized carbons (Fsp3) is 0.933. The van der Waals surface area contributed by atoms with Gasteiger partial charge >= 0.3 is 6.18 Å². The highest BCUT2D eigenvalue weighted by atomic mass is 79.9. The van der Waals surface area contributed by atoms with Crippen LogP contribution in [0.15, 0.2) is 0 Å². The maximum absolute atomic E-state index is 12.7. The first-order chi connectivity index (χ1) is 9.91. The molecule has 1 aliphatic heterocycles. The molecule has 2 nitrogen and oxygen atoms in total. The van der Waals surface area contributed by atoms with Crippen molar-refractivity contribution in [2.75, 3.05) is 18.4 Å². The molecule has 0 bridgehead atoms.